The van der Waals surface area contributed by atoms with Gasteiger partial charge in [-0.05, 0) is 88.4 Å². The summed E-state index contributed by atoms with van der Waals surface area (Å²) in [6.45, 7) is 11.2. The summed E-state index contributed by atoms with van der Waals surface area (Å²) in [5, 5.41) is 11.3. The summed E-state index contributed by atoms with van der Waals surface area (Å²) in [6, 6.07) is 31.5. The van der Waals surface area contributed by atoms with Crippen LogP contribution in [-0.2, 0) is 18.3 Å². The Morgan fingerprint density at radius 2 is 1.43 bits per heavy atom. The van der Waals surface area contributed by atoms with Crippen molar-refractivity contribution in [1.82, 2.24) is 0 Å². The van der Waals surface area contributed by atoms with Gasteiger partial charge in [0.05, 0.1) is 0 Å². The minimum absolute atomic E-state index is 0.0357. The Kier molecular flexibility index (Phi) is 9.75. The third-order valence-electron chi connectivity index (χ3n) is 10.6. The number of rotatable bonds is 8. The van der Waals surface area contributed by atoms with E-state index in [1.54, 1.807) is 0 Å². The van der Waals surface area contributed by atoms with Crippen molar-refractivity contribution < 1.29 is 5.11 Å². The van der Waals surface area contributed by atoms with Gasteiger partial charge in [0.15, 0.2) is 0 Å². The van der Waals surface area contributed by atoms with E-state index in [0.29, 0.717) is 17.7 Å². The maximum absolute atomic E-state index is 11.3. The smallest absolute Gasteiger partial charge is 0.128 e. The SMILES string of the molecule is CCc1ccccc1CC(C)(CCC#Cc1cc(C=NC2CCCCC2)c(O)c(C(C)(C)C)c1)C1c2ccccc2-c2ccccc21. The molecule has 0 amide bonds. The molecule has 0 aromatic heterocycles. The van der Waals surface area contributed by atoms with Crippen molar-refractivity contribution in [3.8, 4) is 28.7 Å². The van der Waals surface area contributed by atoms with Crippen molar-refractivity contribution in [2.45, 2.75) is 110 Å². The van der Waals surface area contributed by atoms with Crippen LogP contribution in [0.3, 0.4) is 0 Å². The molecular weight excluding hydrogens is 571 g/mol. The van der Waals surface area contributed by atoms with E-state index < -0.39 is 0 Å². The summed E-state index contributed by atoms with van der Waals surface area (Å²) in [4.78, 5) is 4.91. The van der Waals surface area contributed by atoms with Crippen LogP contribution in [0.5, 0.6) is 5.75 Å². The lowest BCUT2D eigenvalue weighted by molar-refractivity contribution is 0.260. The first kappa shape index (κ1) is 32.8. The van der Waals surface area contributed by atoms with Gasteiger partial charge in [0.25, 0.3) is 0 Å². The van der Waals surface area contributed by atoms with E-state index >= 15 is 0 Å². The van der Waals surface area contributed by atoms with Crippen molar-refractivity contribution in [2.24, 2.45) is 10.4 Å². The number of fused-ring (bicyclic) bond motifs is 3. The van der Waals surface area contributed by atoms with Crippen LogP contribution in [0.25, 0.3) is 11.1 Å². The summed E-state index contributed by atoms with van der Waals surface area (Å²) < 4.78 is 0. The van der Waals surface area contributed by atoms with Crippen LogP contribution in [0, 0.1) is 17.3 Å². The molecule has 242 valence electrons. The van der Waals surface area contributed by atoms with Crippen LogP contribution in [-0.4, -0.2) is 17.4 Å². The predicted octanol–water partition coefficient (Wildman–Crippen LogP) is 11.2. The lowest BCUT2D eigenvalue weighted by Gasteiger charge is -2.38. The Bertz CT molecular complexity index is 1760. The molecule has 4 aromatic rings. The zero-order chi connectivity index (χ0) is 33.0. The van der Waals surface area contributed by atoms with Gasteiger partial charge in [-0.25, -0.2) is 0 Å². The van der Waals surface area contributed by atoms with Crippen molar-refractivity contribution >= 4 is 6.21 Å². The lowest BCUT2D eigenvalue weighted by atomic mass is 9.66. The van der Waals surface area contributed by atoms with Crippen molar-refractivity contribution in [1.29, 1.82) is 0 Å². The summed E-state index contributed by atoms with van der Waals surface area (Å²) >= 11 is 0. The number of aliphatic imine (C=N–C) groups is 1. The van der Waals surface area contributed by atoms with E-state index in [0.717, 1.165) is 55.2 Å². The molecule has 47 heavy (non-hydrogen) atoms. The van der Waals surface area contributed by atoms with E-state index in [-0.39, 0.29) is 10.8 Å². The Morgan fingerprint density at radius 1 is 0.809 bits per heavy atom. The average Bonchev–Trinajstić information content (AvgIpc) is 3.42. The molecule has 6 rings (SSSR count). The van der Waals surface area contributed by atoms with Crippen LogP contribution < -0.4 is 0 Å². The molecule has 4 aromatic carbocycles. The molecule has 0 heterocycles. The molecule has 0 aliphatic heterocycles. The largest absolute Gasteiger partial charge is 0.507 e. The molecule has 2 aliphatic carbocycles. The van der Waals surface area contributed by atoms with Gasteiger partial charge in [-0.2, -0.15) is 0 Å². The number of phenolic OH excluding ortho intramolecular Hbond substituents is 1. The zero-order valence-electron chi connectivity index (χ0n) is 29.1. The van der Waals surface area contributed by atoms with Gasteiger partial charge in [-0.3, -0.25) is 4.99 Å². The molecule has 0 saturated heterocycles. The highest BCUT2D eigenvalue weighted by Gasteiger charge is 2.42. The predicted molar refractivity (Wildman–Crippen MR) is 199 cm³/mol. The van der Waals surface area contributed by atoms with Gasteiger partial charge in [-0.15, -0.1) is 0 Å². The number of benzene rings is 4. The maximum Gasteiger partial charge on any atom is 0.128 e. The topological polar surface area (TPSA) is 32.6 Å². The second-order valence-electron chi connectivity index (χ2n) is 15.1. The lowest BCUT2D eigenvalue weighted by Crippen LogP contribution is -2.28. The summed E-state index contributed by atoms with van der Waals surface area (Å²) in [6.07, 6.45) is 11.8. The van der Waals surface area contributed by atoms with Crippen molar-refractivity contribution in [2.75, 3.05) is 0 Å². The number of hydrogen-bond donors (Lipinski definition) is 1. The Balaban J connectivity index is 1.33. The van der Waals surface area contributed by atoms with E-state index in [1.165, 1.54) is 52.6 Å². The molecular formula is C45H51NO. The highest BCUT2D eigenvalue weighted by Crippen LogP contribution is 2.55. The summed E-state index contributed by atoms with van der Waals surface area (Å²) in [7, 11) is 0. The minimum Gasteiger partial charge on any atom is -0.507 e. The van der Waals surface area contributed by atoms with Crippen LogP contribution in [0.1, 0.15) is 124 Å². The van der Waals surface area contributed by atoms with Crippen LogP contribution in [0.15, 0.2) is 89.9 Å². The minimum atomic E-state index is -0.205. The molecule has 2 nitrogen and oxygen atoms in total. The second kappa shape index (κ2) is 13.9. The van der Waals surface area contributed by atoms with E-state index in [2.05, 4.69) is 125 Å². The van der Waals surface area contributed by atoms with E-state index in [9.17, 15) is 5.11 Å². The maximum atomic E-state index is 11.3. The second-order valence-corrected chi connectivity index (χ2v) is 15.1. The third kappa shape index (κ3) is 7.11. The van der Waals surface area contributed by atoms with Crippen LogP contribution in [0.4, 0.5) is 0 Å². The highest BCUT2D eigenvalue weighted by atomic mass is 16.3. The molecule has 0 spiro atoms. The van der Waals surface area contributed by atoms with E-state index in [4.69, 9.17) is 4.99 Å². The normalized spacial score (nSPS) is 16.4. The van der Waals surface area contributed by atoms with Crippen molar-refractivity contribution in [3.05, 3.63) is 124 Å². The van der Waals surface area contributed by atoms with Gasteiger partial charge in [0, 0.05) is 41.3 Å². The van der Waals surface area contributed by atoms with Gasteiger partial charge >= 0.3 is 0 Å². The number of aromatic hydroxyl groups is 1. The first-order valence-corrected chi connectivity index (χ1v) is 17.8. The first-order valence-electron chi connectivity index (χ1n) is 17.8. The van der Waals surface area contributed by atoms with Crippen LogP contribution in [0.2, 0.25) is 0 Å². The fourth-order valence-electron chi connectivity index (χ4n) is 8.08. The number of hydrogen-bond acceptors (Lipinski definition) is 2. The Hall–Kier alpha value is -4.09. The molecule has 0 radical (unpaired) electrons. The first-order chi connectivity index (χ1) is 22.7. The van der Waals surface area contributed by atoms with Gasteiger partial charge < -0.3 is 5.11 Å². The monoisotopic (exact) mass is 621 g/mol. The fraction of sp³-hybridized carbons (Fsp3) is 0.400. The molecule has 1 saturated carbocycles. The van der Waals surface area contributed by atoms with E-state index in [1.807, 2.05) is 12.3 Å². The average molecular weight is 622 g/mol. The standard InChI is InChI=1S/C45H51NO/c1-6-33-19-10-11-20-34(33)30-45(5,42-39-25-14-12-23-37(39)38-24-13-15-26-40(38)42)27-17-16-18-32-28-35(31-46-36-21-8-7-9-22-36)43(47)41(29-32)44(2,3)4/h10-15,19-20,23-26,28-29,31,36,42,47H,6-9,17,21-22,27,30H2,1-5H3. The molecule has 2 aliphatic rings. The van der Waals surface area contributed by atoms with Crippen molar-refractivity contribution in [3.63, 3.8) is 0 Å². The van der Waals surface area contributed by atoms with Gasteiger partial charge in [0.2, 0.25) is 0 Å². The van der Waals surface area contributed by atoms with Gasteiger partial charge in [-0.1, -0.05) is 139 Å². The Labute approximate surface area is 283 Å². The molecule has 0 bridgehead atoms. The fourth-order valence-corrected chi connectivity index (χ4v) is 8.08. The Morgan fingerprint density at radius 3 is 2.06 bits per heavy atom. The summed E-state index contributed by atoms with van der Waals surface area (Å²) in [5.41, 5.74) is 10.9. The summed E-state index contributed by atoms with van der Waals surface area (Å²) in [5.74, 6) is 7.76. The quantitative estimate of drug-likeness (QED) is 0.154. The third-order valence-corrected chi connectivity index (χ3v) is 10.6. The number of nitrogens with zero attached hydrogens (tertiary/aromatic N) is 1. The number of aryl methyl sites for hydroxylation is 1. The number of phenols is 1. The zero-order valence-corrected chi connectivity index (χ0v) is 29.1. The molecule has 1 atom stereocenters. The van der Waals surface area contributed by atoms with Gasteiger partial charge in [0.1, 0.15) is 5.75 Å². The molecule has 2 heteroatoms. The molecule has 1 unspecified atom stereocenters. The molecule has 1 fully saturated rings. The highest BCUT2D eigenvalue weighted by molar-refractivity contribution is 5.85. The van der Waals surface area contributed by atoms with Crippen LogP contribution >= 0.6 is 0 Å². The molecule has 1 N–H and O–H groups in total.